The number of hydrogen-bond donors (Lipinski definition) is 1. The summed E-state index contributed by atoms with van der Waals surface area (Å²) in [5.41, 5.74) is 5.43. The SMILES string of the molecule is CC(C)CN1CCN(C(=O)CCCCN)CC1. The smallest absolute Gasteiger partial charge is 0.222 e. The Labute approximate surface area is 105 Å². The van der Waals surface area contributed by atoms with Gasteiger partial charge in [0, 0.05) is 39.1 Å². The number of nitrogens with zero attached hydrogens (tertiary/aromatic N) is 2. The first-order chi connectivity index (χ1) is 8.13. The second-order valence-corrected chi connectivity index (χ2v) is 5.32. The summed E-state index contributed by atoms with van der Waals surface area (Å²) in [4.78, 5) is 16.3. The molecular formula is C13H27N3O. The number of hydrogen-bond acceptors (Lipinski definition) is 3. The van der Waals surface area contributed by atoms with Crippen molar-refractivity contribution in [3.8, 4) is 0 Å². The third-order valence-corrected chi connectivity index (χ3v) is 3.19. The molecule has 0 bridgehead atoms. The molecule has 0 radical (unpaired) electrons. The Hall–Kier alpha value is -0.610. The average Bonchev–Trinajstić information content (AvgIpc) is 2.29. The monoisotopic (exact) mass is 241 g/mol. The second-order valence-electron chi connectivity index (χ2n) is 5.32. The van der Waals surface area contributed by atoms with Gasteiger partial charge in [0.2, 0.25) is 5.91 Å². The lowest BCUT2D eigenvalue weighted by atomic mass is 10.1. The maximum absolute atomic E-state index is 11.9. The van der Waals surface area contributed by atoms with Gasteiger partial charge in [-0.05, 0) is 25.3 Å². The average molecular weight is 241 g/mol. The number of piperazine rings is 1. The van der Waals surface area contributed by atoms with Gasteiger partial charge in [-0.2, -0.15) is 0 Å². The van der Waals surface area contributed by atoms with Gasteiger partial charge in [-0.25, -0.2) is 0 Å². The maximum atomic E-state index is 11.9. The minimum absolute atomic E-state index is 0.308. The first kappa shape index (κ1) is 14.5. The van der Waals surface area contributed by atoms with Crippen LogP contribution in [0.15, 0.2) is 0 Å². The Bertz CT molecular complexity index is 223. The molecule has 0 unspecified atom stereocenters. The molecule has 1 rings (SSSR count). The first-order valence-corrected chi connectivity index (χ1v) is 6.83. The number of amides is 1. The molecule has 1 fully saturated rings. The third-order valence-electron chi connectivity index (χ3n) is 3.19. The molecule has 0 aliphatic carbocycles. The zero-order chi connectivity index (χ0) is 12.7. The Morgan fingerprint density at radius 2 is 1.82 bits per heavy atom. The lowest BCUT2D eigenvalue weighted by Gasteiger charge is -2.35. The van der Waals surface area contributed by atoms with Gasteiger partial charge in [-0.1, -0.05) is 13.8 Å². The summed E-state index contributed by atoms with van der Waals surface area (Å²) in [6.45, 7) is 10.2. The van der Waals surface area contributed by atoms with E-state index in [-0.39, 0.29) is 0 Å². The zero-order valence-corrected chi connectivity index (χ0v) is 11.3. The van der Waals surface area contributed by atoms with Gasteiger partial charge in [0.1, 0.15) is 0 Å². The van der Waals surface area contributed by atoms with Crippen molar-refractivity contribution in [1.29, 1.82) is 0 Å². The summed E-state index contributed by atoms with van der Waals surface area (Å²) in [5, 5.41) is 0. The summed E-state index contributed by atoms with van der Waals surface area (Å²) in [5.74, 6) is 1.02. The van der Waals surface area contributed by atoms with Crippen molar-refractivity contribution in [1.82, 2.24) is 9.80 Å². The van der Waals surface area contributed by atoms with Crippen LogP contribution in [-0.4, -0.2) is 55.0 Å². The number of carbonyl (C=O) groups excluding carboxylic acids is 1. The van der Waals surface area contributed by atoms with E-state index in [0.717, 1.165) is 45.6 Å². The molecule has 0 atom stereocenters. The van der Waals surface area contributed by atoms with Crippen LogP contribution in [0.25, 0.3) is 0 Å². The molecule has 0 saturated carbocycles. The molecular weight excluding hydrogens is 214 g/mol. The highest BCUT2D eigenvalue weighted by molar-refractivity contribution is 5.76. The molecule has 2 N–H and O–H groups in total. The van der Waals surface area contributed by atoms with Gasteiger partial charge in [0.05, 0.1) is 0 Å². The highest BCUT2D eigenvalue weighted by Crippen LogP contribution is 2.08. The van der Waals surface area contributed by atoms with Gasteiger partial charge in [0.25, 0.3) is 0 Å². The Kier molecular flexibility index (Phi) is 6.52. The van der Waals surface area contributed by atoms with E-state index in [1.54, 1.807) is 0 Å². The molecule has 1 saturated heterocycles. The van der Waals surface area contributed by atoms with Crippen LogP contribution in [0, 0.1) is 5.92 Å². The van der Waals surface area contributed by atoms with Crippen molar-refractivity contribution < 1.29 is 4.79 Å². The number of carbonyl (C=O) groups is 1. The minimum Gasteiger partial charge on any atom is -0.340 e. The molecule has 1 aliphatic rings. The summed E-state index contributed by atoms with van der Waals surface area (Å²) in [6, 6.07) is 0. The predicted molar refractivity (Wildman–Crippen MR) is 70.8 cm³/mol. The van der Waals surface area contributed by atoms with Crippen LogP contribution < -0.4 is 5.73 Å². The number of rotatable bonds is 6. The van der Waals surface area contributed by atoms with Gasteiger partial charge in [-0.15, -0.1) is 0 Å². The van der Waals surface area contributed by atoms with Crippen molar-refractivity contribution in [2.24, 2.45) is 11.7 Å². The molecule has 17 heavy (non-hydrogen) atoms. The molecule has 1 heterocycles. The highest BCUT2D eigenvalue weighted by atomic mass is 16.2. The first-order valence-electron chi connectivity index (χ1n) is 6.83. The van der Waals surface area contributed by atoms with Gasteiger partial charge < -0.3 is 10.6 Å². The normalized spacial score (nSPS) is 17.8. The Balaban J connectivity index is 2.19. The molecule has 1 amide bonds. The molecule has 4 heteroatoms. The van der Waals surface area contributed by atoms with Crippen LogP contribution >= 0.6 is 0 Å². The van der Waals surface area contributed by atoms with E-state index in [0.29, 0.717) is 24.8 Å². The van der Waals surface area contributed by atoms with Crippen LogP contribution in [0.5, 0.6) is 0 Å². The van der Waals surface area contributed by atoms with Crippen molar-refractivity contribution in [2.75, 3.05) is 39.3 Å². The summed E-state index contributed by atoms with van der Waals surface area (Å²) >= 11 is 0. The van der Waals surface area contributed by atoms with Gasteiger partial charge >= 0.3 is 0 Å². The van der Waals surface area contributed by atoms with E-state index in [9.17, 15) is 4.79 Å². The quantitative estimate of drug-likeness (QED) is 0.703. The Morgan fingerprint density at radius 1 is 1.18 bits per heavy atom. The molecule has 0 aromatic heterocycles. The topological polar surface area (TPSA) is 49.6 Å². The van der Waals surface area contributed by atoms with Crippen molar-refractivity contribution in [3.05, 3.63) is 0 Å². The van der Waals surface area contributed by atoms with Gasteiger partial charge in [-0.3, -0.25) is 9.69 Å². The van der Waals surface area contributed by atoms with Crippen LogP contribution in [0.1, 0.15) is 33.1 Å². The predicted octanol–water partition coefficient (Wildman–Crippen LogP) is 0.916. The number of unbranched alkanes of at least 4 members (excludes halogenated alkanes) is 1. The van der Waals surface area contributed by atoms with Crippen LogP contribution in [0.4, 0.5) is 0 Å². The van der Waals surface area contributed by atoms with E-state index >= 15 is 0 Å². The summed E-state index contributed by atoms with van der Waals surface area (Å²) < 4.78 is 0. The number of nitrogens with two attached hydrogens (primary N) is 1. The van der Waals surface area contributed by atoms with Crippen LogP contribution in [0.2, 0.25) is 0 Å². The standard InChI is InChI=1S/C13H27N3O/c1-12(2)11-15-7-9-16(10-8-15)13(17)5-3-4-6-14/h12H,3-11,14H2,1-2H3. The lowest BCUT2D eigenvalue weighted by molar-refractivity contribution is -0.133. The van der Waals surface area contributed by atoms with Crippen LogP contribution in [-0.2, 0) is 4.79 Å². The summed E-state index contributed by atoms with van der Waals surface area (Å²) in [6.07, 6.45) is 2.56. The second kappa shape index (κ2) is 7.67. The van der Waals surface area contributed by atoms with Crippen molar-refractivity contribution in [2.45, 2.75) is 33.1 Å². The minimum atomic E-state index is 0.308. The Morgan fingerprint density at radius 3 is 2.35 bits per heavy atom. The highest BCUT2D eigenvalue weighted by Gasteiger charge is 2.20. The third kappa shape index (κ3) is 5.50. The summed E-state index contributed by atoms with van der Waals surface area (Å²) in [7, 11) is 0. The molecule has 0 aromatic rings. The van der Waals surface area contributed by atoms with E-state index in [1.165, 1.54) is 0 Å². The van der Waals surface area contributed by atoms with Gasteiger partial charge in [0.15, 0.2) is 0 Å². The fourth-order valence-electron chi connectivity index (χ4n) is 2.27. The molecule has 1 aliphatic heterocycles. The fraction of sp³-hybridized carbons (Fsp3) is 0.923. The van der Waals surface area contributed by atoms with E-state index < -0.39 is 0 Å². The molecule has 0 aromatic carbocycles. The molecule has 4 nitrogen and oxygen atoms in total. The van der Waals surface area contributed by atoms with E-state index in [1.807, 2.05) is 4.90 Å². The van der Waals surface area contributed by atoms with Crippen LogP contribution in [0.3, 0.4) is 0 Å². The fourth-order valence-corrected chi connectivity index (χ4v) is 2.27. The van der Waals surface area contributed by atoms with Crippen molar-refractivity contribution in [3.63, 3.8) is 0 Å². The maximum Gasteiger partial charge on any atom is 0.222 e. The van der Waals surface area contributed by atoms with Crippen molar-refractivity contribution >= 4 is 5.91 Å². The zero-order valence-electron chi connectivity index (χ0n) is 11.3. The molecule has 0 spiro atoms. The molecule has 100 valence electrons. The lowest BCUT2D eigenvalue weighted by Crippen LogP contribution is -2.49. The largest absolute Gasteiger partial charge is 0.340 e. The van der Waals surface area contributed by atoms with E-state index in [4.69, 9.17) is 5.73 Å². The van der Waals surface area contributed by atoms with E-state index in [2.05, 4.69) is 18.7 Å².